The van der Waals surface area contributed by atoms with E-state index in [1.807, 2.05) is 16.7 Å². The molecular formula is C13H14N2OS. The molecule has 0 aliphatic heterocycles. The van der Waals surface area contributed by atoms with Crippen LogP contribution < -0.4 is 5.56 Å². The van der Waals surface area contributed by atoms with Gasteiger partial charge in [-0.05, 0) is 36.7 Å². The molecule has 1 heterocycles. The molecule has 1 N–H and O–H groups in total. The van der Waals surface area contributed by atoms with Crippen molar-refractivity contribution in [2.45, 2.75) is 19.9 Å². The first-order chi connectivity index (χ1) is 8.16. The summed E-state index contributed by atoms with van der Waals surface area (Å²) in [5.74, 6) is 0. The Labute approximate surface area is 105 Å². The Balaban J connectivity index is 2.16. The van der Waals surface area contributed by atoms with Crippen LogP contribution in [-0.4, -0.2) is 9.55 Å². The molecule has 0 fully saturated rings. The van der Waals surface area contributed by atoms with Gasteiger partial charge in [0.05, 0.1) is 0 Å². The number of hydrogen-bond acceptors (Lipinski definition) is 2. The molecule has 0 saturated heterocycles. The Morgan fingerprint density at radius 3 is 2.76 bits per heavy atom. The lowest BCUT2D eigenvalue weighted by atomic mass is 10.1. The third-order valence-corrected chi connectivity index (χ3v) is 3.12. The van der Waals surface area contributed by atoms with Gasteiger partial charge in [-0.25, -0.2) is 0 Å². The molecule has 0 aliphatic rings. The number of hydrogen-bond donors (Lipinski definition) is 1. The molecule has 2 aromatic rings. The first-order valence-electron chi connectivity index (χ1n) is 5.51. The SMILES string of the molecule is Cc1ccccc1CCn1ccc(=O)[nH]c1=S. The monoisotopic (exact) mass is 246 g/mol. The average molecular weight is 246 g/mol. The number of rotatable bonds is 3. The Hall–Kier alpha value is -1.68. The highest BCUT2D eigenvalue weighted by atomic mass is 32.1. The molecule has 88 valence electrons. The van der Waals surface area contributed by atoms with Gasteiger partial charge in [-0.3, -0.25) is 9.78 Å². The van der Waals surface area contributed by atoms with E-state index in [1.54, 1.807) is 6.20 Å². The van der Waals surface area contributed by atoms with Crippen molar-refractivity contribution < 1.29 is 0 Å². The minimum atomic E-state index is -0.151. The lowest BCUT2D eigenvalue weighted by molar-refractivity contribution is 0.661. The van der Waals surface area contributed by atoms with Crippen molar-refractivity contribution in [2.75, 3.05) is 0 Å². The van der Waals surface area contributed by atoms with Crippen LogP contribution in [0.2, 0.25) is 0 Å². The number of nitrogens with one attached hydrogen (secondary N) is 1. The number of aromatic amines is 1. The number of aryl methyl sites for hydroxylation is 3. The van der Waals surface area contributed by atoms with E-state index < -0.39 is 0 Å². The van der Waals surface area contributed by atoms with Crippen LogP contribution in [0, 0.1) is 11.7 Å². The zero-order valence-corrected chi connectivity index (χ0v) is 10.5. The number of aromatic nitrogens is 2. The normalized spacial score (nSPS) is 10.4. The van der Waals surface area contributed by atoms with E-state index in [4.69, 9.17) is 12.2 Å². The van der Waals surface area contributed by atoms with Crippen LogP contribution >= 0.6 is 12.2 Å². The predicted octanol–water partition coefficient (Wildman–Crippen LogP) is 2.46. The van der Waals surface area contributed by atoms with Crippen molar-refractivity contribution in [3.05, 3.63) is 62.8 Å². The highest BCUT2D eigenvalue weighted by Gasteiger charge is 1.98. The maximum atomic E-state index is 11.0. The fourth-order valence-corrected chi connectivity index (χ4v) is 2.00. The summed E-state index contributed by atoms with van der Waals surface area (Å²) >= 11 is 5.10. The second kappa shape index (κ2) is 5.10. The van der Waals surface area contributed by atoms with E-state index >= 15 is 0 Å². The van der Waals surface area contributed by atoms with Gasteiger partial charge >= 0.3 is 0 Å². The topological polar surface area (TPSA) is 37.8 Å². The van der Waals surface area contributed by atoms with Crippen molar-refractivity contribution >= 4 is 12.2 Å². The molecule has 1 aromatic heterocycles. The van der Waals surface area contributed by atoms with Gasteiger partial charge in [0.1, 0.15) is 0 Å². The molecule has 0 aliphatic carbocycles. The molecule has 0 amide bonds. The van der Waals surface area contributed by atoms with Gasteiger partial charge in [-0.15, -0.1) is 0 Å². The summed E-state index contributed by atoms with van der Waals surface area (Å²) in [6, 6.07) is 9.78. The summed E-state index contributed by atoms with van der Waals surface area (Å²) in [5, 5.41) is 0. The standard InChI is InChI=1S/C13H14N2OS/c1-10-4-2-3-5-11(10)6-8-15-9-7-12(16)14-13(15)17/h2-5,7,9H,6,8H2,1H3,(H,14,16,17). The van der Waals surface area contributed by atoms with Gasteiger partial charge < -0.3 is 4.57 Å². The summed E-state index contributed by atoms with van der Waals surface area (Å²) in [6.07, 6.45) is 2.65. The van der Waals surface area contributed by atoms with Gasteiger partial charge in [-0.2, -0.15) is 0 Å². The van der Waals surface area contributed by atoms with Crippen LogP contribution in [-0.2, 0) is 13.0 Å². The van der Waals surface area contributed by atoms with Crippen LogP contribution in [0.15, 0.2) is 41.3 Å². The summed E-state index contributed by atoms with van der Waals surface area (Å²) in [6.45, 7) is 2.88. The molecule has 0 spiro atoms. The van der Waals surface area contributed by atoms with E-state index in [-0.39, 0.29) is 5.56 Å². The quantitative estimate of drug-likeness (QED) is 0.845. The van der Waals surface area contributed by atoms with Crippen molar-refractivity contribution in [1.29, 1.82) is 0 Å². The molecule has 17 heavy (non-hydrogen) atoms. The molecule has 2 rings (SSSR count). The maximum Gasteiger partial charge on any atom is 0.251 e. The second-order valence-electron chi connectivity index (χ2n) is 3.98. The highest BCUT2D eigenvalue weighted by Crippen LogP contribution is 2.08. The van der Waals surface area contributed by atoms with Gasteiger partial charge in [0.25, 0.3) is 5.56 Å². The first kappa shape index (κ1) is 11.8. The smallest absolute Gasteiger partial charge is 0.251 e. The number of H-pyrrole nitrogens is 1. The van der Waals surface area contributed by atoms with Crippen molar-refractivity contribution in [1.82, 2.24) is 9.55 Å². The largest absolute Gasteiger partial charge is 0.325 e. The molecule has 4 heteroatoms. The zero-order chi connectivity index (χ0) is 12.3. The van der Waals surface area contributed by atoms with Crippen LogP contribution in [0.4, 0.5) is 0 Å². The van der Waals surface area contributed by atoms with Crippen molar-refractivity contribution in [3.8, 4) is 0 Å². The summed E-state index contributed by atoms with van der Waals surface area (Å²) < 4.78 is 2.36. The number of nitrogens with zero attached hydrogens (tertiary/aromatic N) is 1. The van der Waals surface area contributed by atoms with Crippen LogP contribution in [0.3, 0.4) is 0 Å². The van der Waals surface area contributed by atoms with Gasteiger partial charge in [0.15, 0.2) is 4.77 Å². The first-order valence-corrected chi connectivity index (χ1v) is 5.92. The summed E-state index contributed by atoms with van der Waals surface area (Å²) in [4.78, 5) is 13.6. The zero-order valence-electron chi connectivity index (χ0n) is 9.64. The van der Waals surface area contributed by atoms with E-state index in [1.165, 1.54) is 17.2 Å². The molecule has 0 saturated carbocycles. The molecule has 3 nitrogen and oxygen atoms in total. The van der Waals surface area contributed by atoms with Crippen LogP contribution in [0.1, 0.15) is 11.1 Å². The van der Waals surface area contributed by atoms with Crippen molar-refractivity contribution in [2.24, 2.45) is 0 Å². The molecular weight excluding hydrogens is 232 g/mol. The summed E-state index contributed by atoms with van der Waals surface area (Å²) in [5.41, 5.74) is 2.44. The van der Waals surface area contributed by atoms with Crippen molar-refractivity contribution in [3.63, 3.8) is 0 Å². The minimum Gasteiger partial charge on any atom is -0.325 e. The van der Waals surface area contributed by atoms with E-state index in [0.717, 1.165) is 13.0 Å². The molecule has 1 aromatic carbocycles. The third-order valence-electron chi connectivity index (χ3n) is 2.78. The van der Waals surface area contributed by atoms with Gasteiger partial charge in [-0.1, -0.05) is 24.3 Å². The molecule has 0 atom stereocenters. The van der Waals surface area contributed by atoms with Crippen LogP contribution in [0.5, 0.6) is 0 Å². The van der Waals surface area contributed by atoms with Crippen LogP contribution in [0.25, 0.3) is 0 Å². The average Bonchev–Trinajstić information content (AvgIpc) is 2.30. The summed E-state index contributed by atoms with van der Waals surface area (Å²) in [7, 11) is 0. The minimum absolute atomic E-state index is 0.151. The van der Waals surface area contributed by atoms with Gasteiger partial charge in [0.2, 0.25) is 0 Å². The van der Waals surface area contributed by atoms with E-state index in [0.29, 0.717) is 4.77 Å². The van der Waals surface area contributed by atoms with E-state index in [9.17, 15) is 4.79 Å². The lowest BCUT2D eigenvalue weighted by Gasteiger charge is -2.08. The lowest BCUT2D eigenvalue weighted by Crippen LogP contribution is -2.12. The maximum absolute atomic E-state index is 11.0. The fourth-order valence-electron chi connectivity index (χ4n) is 1.75. The Kier molecular flexibility index (Phi) is 3.54. The Bertz CT molecular complexity index is 628. The fraction of sp³-hybridized carbons (Fsp3) is 0.231. The number of benzene rings is 1. The molecule has 0 unspecified atom stereocenters. The molecule has 0 bridgehead atoms. The third kappa shape index (κ3) is 2.91. The Morgan fingerprint density at radius 2 is 2.06 bits per heavy atom. The Morgan fingerprint density at radius 1 is 1.29 bits per heavy atom. The predicted molar refractivity (Wildman–Crippen MR) is 70.8 cm³/mol. The molecule has 0 radical (unpaired) electrons. The van der Waals surface area contributed by atoms with E-state index in [2.05, 4.69) is 24.0 Å². The highest BCUT2D eigenvalue weighted by molar-refractivity contribution is 7.71. The van der Waals surface area contributed by atoms with Gasteiger partial charge in [0, 0.05) is 18.8 Å². The second-order valence-corrected chi connectivity index (χ2v) is 4.37.